The monoisotopic (exact) mass is 548 g/mol. The molecular formula is C28H19F3N4O5. The number of alkyl halides is 3. The molecule has 12 heteroatoms. The second-order valence-corrected chi connectivity index (χ2v) is 8.67. The molecule has 0 fully saturated rings. The maximum absolute atomic E-state index is 13.2. The zero-order valence-electron chi connectivity index (χ0n) is 21.0. The number of nitrogens with zero attached hydrogens (tertiary/aromatic N) is 4. The van der Waals surface area contributed by atoms with Gasteiger partial charge >= 0.3 is 11.9 Å². The molecule has 0 aliphatic rings. The summed E-state index contributed by atoms with van der Waals surface area (Å²) in [5.74, 6) is 0.0855. The van der Waals surface area contributed by atoms with Crippen LogP contribution in [0.2, 0.25) is 0 Å². The molecule has 0 aliphatic carbocycles. The Balaban J connectivity index is 1.64. The van der Waals surface area contributed by atoms with E-state index in [2.05, 4.69) is 0 Å². The van der Waals surface area contributed by atoms with E-state index in [1.54, 1.807) is 37.3 Å². The number of aromatic nitrogens is 1. The highest BCUT2D eigenvalue weighted by Crippen LogP contribution is 2.35. The van der Waals surface area contributed by atoms with Crippen molar-refractivity contribution in [2.24, 2.45) is 0 Å². The van der Waals surface area contributed by atoms with Crippen LogP contribution >= 0.6 is 0 Å². The molecule has 0 saturated heterocycles. The van der Waals surface area contributed by atoms with Crippen LogP contribution in [0.25, 0.3) is 17.3 Å². The minimum absolute atomic E-state index is 0.0693. The average molecular weight is 548 g/mol. The van der Waals surface area contributed by atoms with E-state index >= 15 is 0 Å². The lowest BCUT2D eigenvalue weighted by Gasteiger charge is -2.12. The number of non-ortho nitro benzene ring substituents is 1. The highest BCUT2D eigenvalue weighted by molar-refractivity contribution is 5.90. The van der Waals surface area contributed by atoms with Gasteiger partial charge in [0.25, 0.3) is 5.69 Å². The highest BCUT2D eigenvalue weighted by Gasteiger charge is 2.30. The molecule has 0 atom stereocenters. The number of ether oxygens (including phenoxy) is 1. The van der Waals surface area contributed by atoms with Crippen LogP contribution in [-0.4, -0.2) is 14.4 Å². The normalized spacial score (nSPS) is 11.7. The van der Waals surface area contributed by atoms with Gasteiger partial charge in [-0.3, -0.25) is 20.2 Å². The third kappa shape index (κ3) is 5.68. The molecule has 0 bridgehead atoms. The molecule has 0 amide bonds. The van der Waals surface area contributed by atoms with Crippen molar-refractivity contribution in [3.8, 4) is 23.3 Å². The topological polar surface area (TPSA) is 124 Å². The Morgan fingerprint density at radius 3 is 2.27 bits per heavy atom. The van der Waals surface area contributed by atoms with Crippen molar-refractivity contribution < 1.29 is 27.8 Å². The summed E-state index contributed by atoms with van der Waals surface area (Å²) in [4.78, 5) is 20.8. The molecule has 0 saturated carbocycles. The SMILES string of the molecule is Cc1cc(/C=C(/C#N)c2cccc(C(F)(F)F)c2)c(C)n1-c1ccc(Oc2ccc([N+](=O)[O-])cc2[N+](=O)[O-])cc1. The number of rotatable bonds is 7. The van der Waals surface area contributed by atoms with E-state index in [1.807, 2.05) is 17.6 Å². The second-order valence-electron chi connectivity index (χ2n) is 8.67. The zero-order valence-corrected chi connectivity index (χ0v) is 21.0. The van der Waals surface area contributed by atoms with E-state index in [0.29, 0.717) is 11.3 Å². The Labute approximate surface area is 225 Å². The summed E-state index contributed by atoms with van der Waals surface area (Å²) < 4.78 is 46.9. The average Bonchev–Trinajstić information content (AvgIpc) is 3.19. The summed E-state index contributed by atoms with van der Waals surface area (Å²) in [5.41, 5.74) is 1.20. The van der Waals surface area contributed by atoms with E-state index < -0.39 is 33.0 Å². The van der Waals surface area contributed by atoms with Crippen LogP contribution in [0.4, 0.5) is 24.5 Å². The van der Waals surface area contributed by atoms with Gasteiger partial charge in [0.2, 0.25) is 5.75 Å². The Kier molecular flexibility index (Phi) is 7.41. The van der Waals surface area contributed by atoms with E-state index in [0.717, 1.165) is 41.7 Å². The molecule has 40 heavy (non-hydrogen) atoms. The Morgan fingerprint density at radius 1 is 0.975 bits per heavy atom. The zero-order chi connectivity index (χ0) is 29.2. The molecule has 0 N–H and O–H groups in total. The van der Waals surface area contributed by atoms with Gasteiger partial charge in [-0.05, 0) is 79.6 Å². The van der Waals surface area contributed by atoms with Crippen LogP contribution in [0, 0.1) is 45.4 Å². The van der Waals surface area contributed by atoms with Crippen LogP contribution in [0.3, 0.4) is 0 Å². The number of benzene rings is 3. The van der Waals surface area contributed by atoms with E-state index in [-0.39, 0.29) is 22.6 Å². The Morgan fingerprint density at radius 2 is 1.68 bits per heavy atom. The van der Waals surface area contributed by atoms with Crippen LogP contribution in [0.5, 0.6) is 11.5 Å². The summed E-state index contributed by atoms with van der Waals surface area (Å²) in [6, 6.07) is 17.9. The molecule has 3 aromatic carbocycles. The standard InChI is InChI=1S/C28H19F3N4O5/c1-17-12-20(13-21(16-32)19-4-3-5-22(14-19)28(29,30)31)18(2)33(17)23-6-9-25(10-7-23)40-27-11-8-24(34(36)37)15-26(27)35(38)39/h3-15H,1-2H3/b21-13-. The number of aryl methyl sites for hydroxylation is 1. The van der Waals surface area contributed by atoms with E-state index in [9.17, 15) is 38.7 Å². The number of nitro benzene ring substituents is 2. The molecule has 0 spiro atoms. The second kappa shape index (κ2) is 10.7. The number of nitro groups is 2. The van der Waals surface area contributed by atoms with Crippen molar-refractivity contribution >= 4 is 23.0 Å². The van der Waals surface area contributed by atoms with Gasteiger partial charge in [0.05, 0.1) is 33.1 Å². The van der Waals surface area contributed by atoms with Crippen LogP contribution in [0.15, 0.2) is 72.8 Å². The summed E-state index contributed by atoms with van der Waals surface area (Å²) in [5, 5.41) is 32.0. The minimum Gasteiger partial charge on any atom is -0.450 e. The first-order valence-electron chi connectivity index (χ1n) is 11.6. The quantitative estimate of drug-likeness (QED) is 0.132. The van der Waals surface area contributed by atoms with Crippen molar-refractivity contribution in [3.63, 3.8) is 0 Å². The van der Waals surface area contributed by atoms with Gasteiger partial charge in [-0.1, -0.05) is 12.1 Å². The van der Waals surface area contributed by atoms with Gasteiger partial charge in [-0.2, -0.15) is 18.4 Å². The third-order valence-electron chi connectivity index (χ3n) is 6.06. The molecule has 4 aromatic rings. The highest BCUT2D eigenvalue weighted by atomic mass is 19.4. The van der Waals surface area contributed by atoms with Crippen molar-refractivity contribution in [1.82, 2.24) is 4.57 Å². The number of allylic oxidation sites excluding steroid dienone is 1. The van der Waals surface area contributed by atoms with Crippen LogP contribution in [-0.2, 0) is 6.18 Å². The third-order valence-corrected chi connectivity index (χ3v) is 6.06. The van der Waals surface area contributed by atoms with Gasteiger partial charge in [0.15, 0.2) is 0 Å². The molecule has 4 rings (SSSR count). The number of hydrogen-bond donors (Lipinski definition) is 0. The fourth-order valence-corrected chi connectivity index (χ4v) is 4.17. The van der Waals surface area contributed by atoms with Gasteiger partial charge in [-0.25, -0.2) is 0 Å². The molecule has 0 unspecified atom stereocenters. The predicted octanol–water partition coefficient (Wildman–Crippen LogP) is 7.79. The number of halogens is 3. The molecule has 1 heterocycles. The lowest BCUT2D eigenvalue weighted by molar-refractivity contribution is -0.394. The molecule has 0 aliphatic heterocycles. The summed E-state index contributed by atoms with van der Waals surface area (Å²) >= 11 is 0. The van der Waals surface area contributed by atoms with Gasteiger partial charge in [-0.15, -0.1) is 0 Å². The van der Waals surface area contributed by atoms with E-state index in [4.69, 9.17) is 4.74 Å². The summed E-state index contributed by atoms with van der Waals surface area (Å²) in [6.45, 7) is 3.62. The first-order valence-corrected chi connectivity index (χ1v) is 11.6. The number of hydrogen-bond acceptors (Lipinski definition) is 6. The number of nitriles is 1. The van der Waals surface area contributed by atoms with Crippen LogP contribution < -0.4 is 4.74 Å². The maximum atomic E-state index is 13.2. The van der Waals surface area contributed by atoms with Gasteiger partial charge < -0.3 is 9.30 Å². The first-order chi connectivity index (χ1) is 18.9. The maximum Gasteiger partial charge on any atom is 0.416 e. The first kappa shape index (κ1) is 27.6. The van der Waals surface area contributed by atoms with E-state index in [1.165, 1.54) is 18.2 Å². The molecule has 9 nitrogen and oxygen atoms in total. The van der Waals surface area contributed by atoms with Gasteiger partial charge in [0, 0.05) is 23.1 Å². The van der Waals surface area contributed by atoms with Gasteiger partial charge in [0.1, 0.15) is 5.75 Å². The molecular weight excluding hydrogens is 529 g/mol. The molecule has 202 valence electrons. The van der Waals surface area contributed by atoms with Crippen LogP contribution in [0.1, 0.15) is 28.1 Å². The Hall–Kier alpha value is -5.44. The Bertz CT molecular complexity index is 1700. The fraction of sp³-hybridized carbons (Fsp3) is 0.107. The molecule has 1 aromatic heterocycles. The molecule has 0 radical (unpaired) electrons. The smallest absolute Gasteiger partial charge is 0.416 e. The lowest BCUT2D eigenvalue weighted by atomic mass is 10.0. The predicted molar refractivity (Wildman–Crippen MR) is 140 cm³/mol. The van der Waals surface area contributed by atoms with Crippen molar-refractivity contribution in [3.05, 3.63) is 121 Å². The lowest BCUT2D eigenvalue weighted by Crippen LogP contribution is -2.04. The van der Waals surface area contributed by atoms with Crippen molar-refractivity contribution in [2.45, 2.75) is 20.0 Å². The summed E-state index contributed by atoms with van der Waals surface area (Å²) in [7, 11) is 0. The fourth-order valence-electron chi connectivity index (χ4n) is 4.17. The largest absolute Gasteiger partial charge is 0.450 e. The summed E-state index contributed by atoms with van der Waals surface area (Å²) in [6.07, 6.45) is -3.01. The van der Waals surface area contributed by atoms with Crippen molar-refractivity contribution in [1.29, 1.82) is 5.26 Å². The van der Waals surface area contributed by atoms with Crippen molar-refractivity contribution in [2.75, 3.05) is 0 Å². The minimum atomic E-state index is -4.54.